The van der Waals surface area contributed by atoms with Crippen molar-refractivity contribution in [3.8, 4) is 0 Å². The van der Waals surface area contributed by atoms with E-state index in [1.54, 1.807) is 0 Å². The number of benzene rings is 1. The molecule has 0 saturated heterocycles. The average Bonchev–Trinajstić information content (AvgIpc) is 2.39. The molecule has 2 N–H and O–H groups in total. The number of hydrogen-bond acceptors (Lipinski definition) is 2. The van der Waals surface area contributed by atoms with Crippen LogP contribution in [-0.2, 0) is 5.54 Å². The van der Waals surface area contributed by atoms with Gasteiger partial charge in [0.15, 0.2) is 0 Å². The summed E-state index contributed by atoms with van der Waals surface area (Å²) in [6.45, 7) is 4.39. The molecule has 3 heteroatoms. The lowest BCUT2D eigenvalue weighted by Gasteiger charge is -2.41. The van der Waals surface area contributed by atoms with E-state index in [0.717, 1.165) is 17.9 Å². The van der Waals surface area contributed by atoms with E-state index in [2.05, 4.69) is 45.0 Å². The monoisotopic (exact) mass is 282 g/mol. The van der Waals surface area contributed by atoms with Crippen molar-refractivity contribution in [2.24, 2.45) is 5.73 Å². The standard InChI is InChI=1S/C16H27ClN2/c1-5-7-8-15(19(3)4)16(18,6-2)13-9-11-14(17)12-10-13/h9-12,15H,5-8,18H2,1-4H3. The Kier molecular flexibility index (Phi) is 6.31. The van der Waals surface area contributed by atoms with Crippen LogP contribution in [0.3, 0.4) is 0 Å². The second-order valence-electron chi connectivity index (χ2n) is 5.52. The van der Waals surface area contributed by atoms with Crippen LogP contribution in [0.2, 0.25) is 5.02 Å². The molecule has 0 fully saturated rings. The summed E-state index contributed by atoms with van der Waals surface area (Å²) in [7, 11) is 4.24. The highest BCUT2D eigenvalue weighted by Gasteiger charge is 2.35. The minimum atomic E-state index is -0.316. The van der Waals surface area contributed by atoms with E-state index in [4.69, 9.17) is 17.3 Å². The highest BCUT2D eigenvalue weighted by Crippen LogP contribution is 2.32. The predicted molar refractivity (Wildman–Crippen MR) is 84.6 cm³/mol. The van der Waals surface area contributed by atoms with Crippen molar-refractivity contribution < 1.29 is 0 Å². The molecule has 2 unspecified atom stereocenters. The van der Waals surface area contributed by atoms with Crippen molar-refractivity contribution in [2.45, 2.75) is 51.1 Å². The molecule has 0 radical (unpaired) electrons. The van der Waals surface area contributed by atoms with Crippen LogP contribution < -0.4 is 5.73 Å². The Morgan fingerprint density at radius 2 is 1.79 bits per heavy atom. The molecule has 108 valence electrons. The first-order valence-electron chi connectivity index (χ1n) is 7.17. The maximum Gasteiger partial charge on any atom is 0.0564 e. The number of rotatable bonds is 7. The summed E-state index contributed by atoms with van der Waals surface area (Å²) in [5.74, 6) is 0. The second-order valence-corrected chi connectivity index (χ2v) is 5.96. The molecule has 0 saturated carbocycles. The van der Waals surface area contributed by atoms with Gasteiger partial charge >= 0.3 is 0 Å². The van der Waals surface area contributed by atoms with Gasteiger partial charge in [0.1, 0.15) is 0 Å². The Labute approximate surface area is 122 Å². The predicted octanol–water partition coefficient (Wildman–Crippen LogP) is 4.02. The molecule has 2 nitrogen and oxygen atoms in total. The Morgan fingerprint density at radius 1 is 1.21 bits per heavy atom. The second kappa shape index (κ2) is 7.28. The van der Waals surface area contributed by atoms with Gasteiger partial charge in [0.25, 0.3) is 0 Å². The number of nitrogens with zero attached hydrogens (tertiary/aromatic N) is 1. The molecule has 0 aliphatic heterocycles. The Morgan fingerprint density at radius 3 is 2.21 bits per heavy atom. The lowest BCUT2D eigenvalue weighted by Crippen LogP contribution is -2.53. The molecule has 1 rings (SSSR count). The number of hydrogen-bond donors (Lipinski definition) is 1. The molecule has 1 aromatic rings. The van der Waals surface area contributed by atoms with E-state index in [0.29, 0.717) is 6.04 Å². The smallest absolute Gasteiger partial charge is 0.0564 e. The number of halogens is 1. The summed E-state index contributed by atoms with van der Waals surface area (Å²) in [6, 6.07) is 8.34. The van der Waals surface area contributed by atoms with Crippen LogP contribution in [0, 0.1) is 0 Å². The van der Waals surface area contributed by atoms with Gasteiger partial charge in [-0.2, -0.15) is 0 Å². The maximum absolute atomic E-state index is 6.77. The molecule has 2 atom stereocenters. The highest BCUT2D eigenvalue weighted by atomic mass is 35.5. The summed E-state index contributed by atoms with van der Waals surface area (Å²) in [6.07, 6.45) is 4.44. The average molecular weight is 283 g/mol. The van der Waals surface area contributed by atoms with Crippen LogP contribution in [0.15, 0.2) is 24.3 Å². The molecule has 0 bridgehead atoms. The lowest BCUT2D eigenvalue weighted by molar-refractivity contribution is 0.157. The van der Waals surface area contributed by atoms with Crippen LogP contribution >= 0.6 is 11.6 Å². The van der Waals surface area contributed by atoms with Crippen molar-refractivity contribution in [3.05, 3.63) is 34.9 Å². The summed E-state index contributed by atoms with van der Waals surface area (Å²) < 4.78 is 0. The lowest BCUT2D eigenvalue weighted by atomic mass is 9.78. The van der Waals surface area contributed by atoms with Gasteiger partial charge in [-0.15, -0.1) is 0 Å². The quantitative estimate of drug-likeness (QED) is 0.818. The van der Waals surface area contributed by atoms with Crippen molar-refractivity contribution in [3.63, 3.8) is 0 Å². The van der Waals surface area contributed by atoms with Gasteiger partial charge < -0.3 is 10.6 Å². The first-order valence-corrected chi connectivity index (χ1v) is 7.54. The zero-order valence-electron chi connectivity index (χ0n) is 12.6. The summed E-state index contributed by atoms with van der Waals surface area (Å²) in [5.41, 5.74) is 7.63. The van der Waals surface area contributed by atoms with E-state index in [-0.39, 0.29) is 5.54 Å². The third kappa shape index (κ3) is 3.95. The van der Waals surface area contributed by atoms with E-state index in [1.807, 2.05) is 12.1 Å². The fourth-order valence-electron chi connectivity index (χ4n) is 2.77. The van der Waals surface area contributed by atoms with Crippen LogP contribution in [0.5, 0.6) is 0 Å². The van der Waals surface area contributed by atoms with E-state index < -0.39 is 0 Å². The van der Waals surface area contributed by atoms with Gasteiger partial charge in [0.2, 0.25) is 0 Å². The van der Waals surface area contributed by atoms with Crippen LogP contribution in [0.25, 0.3) is 0 Å². The molecule has 0 amide bonds. The van der Waals surface area contributed by atoms with Gasteiger partial charge in [0.05, 0.1) is 5.54 Å². The first kappa shape index (κ1) is 16.5. The zero-order valence-corrected chi connectivity index (χ0v) is 13.4. The van der Waals surface area contributed by atoms with Crippen LogP contribution in [0.1, 0.15) is 45.1 Å². The van der Waals surface area contributed by atoms with E-state index in [9.17, 15) is 0 Å². The van der Waals surface area contributed by atoms with Crippen LogP contribution in [0.4, 0.5) is 0 Å². The maximum atomic E-state index is 6.77. The molecule has 0 spiro atoms. The van der Waals surface area contributed by atoms with Crippen molar-refractivity contribution in [2.75, 3.05) is 14.1 Å². The van der Waals surface area contributed by atoms with Gasteiger partial charge in [0, 0.05) is 11.1 Å². The van der Waals surface area contributed by atoms with Gasteiger partial charge in [-0.1, -0.05) is 50.4 Å². The molecule has 19 heavy (non-hydrogen) atoms. The topological polar surface area (TPSA) is 29.3 Å². The molecule has 0 aromatic heterocycles. The van der Waals surface area contributed by atoms with E-state index >= 15 is 0 Å². The number of unbranched alkanes of at least 4 members (excludes halogenated alkanes) is 1. The zero-order chi connectivity index (χ0) is 14.5. The van der Waals surface area contributed by atoms with Gasteiger partial charge in [-0.05, 0) is 44.6 Å². The minimum Gasteiger partial charge on any atom is -0.320 e. The molecule has 1 aromatic carbocycles. The number of nitrogens with two attached hydrogens (primary N) is 1. The SMILES string of the molecule is CCCCC(N(C)C)C(N)(CC)c1ccc(Cl)cc1. The number of likely N-dealkylation sites (N-methyl/N-ethyl adjacent to an activating group) is 1. The Hall–Kier alpha value is -0.570. The van der Waals surface area contributed by atoms with E-state index in [1.165, 1.54) is 18.4 Å². The molecular weight excluding hydrogens is 256 g/mol. The molecule has 0 aliphatic carbocycles. The van der Waals surface area contributed by atoms with Gasteiger partial charge in [-0.3, -0.25) is 0 Å². The summed E-state index contributed by atoms with van der Waals surface area (Å²) >= 11 is 5.98. The largest absolute Gasteiger partial charge is 0.320 e. The fraction of sp³-hybridized carbons (Fsp3) is 0.625. The summed E-state index contributed by atoms with van der Waals surface area (Å²) in [5, 5.41) is 0.761. The Bertz CT molecular complexity index is 375. The molecule has 0 aliphatic rings. The highest BCUT2D eigenvalue weighted by molar-refractivity contribution is 6.30. The minimum absolute atomic E-state index is 0.316. The van der Waals surface area contributed by atoms with Crippen molar-refractivity contribution in [1.29, 1.82) is 0 Å². The van der Waals surface area contributed by atoms with Crippen molar-refractivity contribution >= 4 is 11.6 Å². The van der Waals surface area contributed by atoms with Crippen molar-refractivity contribution in [1.82, 2.24) is 4.90 Å². The molecule has 0 heterocycles. The van der Waals surface area contributed by atoms with Crippen LogP contribution in [-0.4, -0.2) is 25.0 Å². The summed E-state index contributed by atoms with van der Waals surface area (Å²) in [4.78, 5) is 2.26. The Balaban J connectivity index is 3.07. The molecular formula is C16H27ClN2. The fourth-order valence-corrected chi connectivity index (χ4v) is 2.89. The third-order valence-electron chi connectivity index (χ3n) is 4.02. The third-order valence-corrected chi connectivity index (χ3v) is 4.27. The normalized spacial score (nSPS) is 16.4. The first-order chi connectivity index (χ1) is 8.95. The van der Waals surface area contributed by atoms with Gasteiger partial charge in [-0.25, -0.2) is 0 Å².